The van der Waals surface area contributed by atoms with Crippen LogP contribution in [0.15, 0.2) is 36.4 Å². The van der Waals surface area contributed by atoms with Crippen LogP contribution < -0.4 is 14.8 Å². The standard InChI is InChI=1S/C21H26N4O4/c1-4-24-10-12-25(13-11-24)21(27)18-7-5-6-17(22-18)20(26)23-16-9-8-15(28-2)14-19(16)29-3/h5-9,14H,4,10-13H2,1-3H3,(H,23,26). The molecule has 0 bridgehead atoms. The van der Waals surface area contributed by atoms with Crippen LogP contribution in [-0.4, -0.2) is 73.5 Å². The number of likely N-dealkylation sites (N-methyl/N-ethyl adjacent to an activating group) is 1. The minimum atomic E-state index is -0.418. The highest BCUT2D eigenvalue weighted by atomic mass is 16.5. The smallest absolute Gasteiger partial charge is 0.274 e. The predicted octanol–water partition coefficient (Wildman–Crippen LogP) is 2.13. The molecule has 1 aliphatic rings. The molecule has 1 aromatic heterocycles. The molecule has 1 N–H and O–H groups in total. The van der Waals surface area contributed by atoms with Crippen LogP contribution in [0.5, 0.6) is 11.5 Å². The third-order valence-corrected chi connectivity index (χ3v) is 4.96. The summed E-state index contributed by atoms with van der Waals surface area (Å²) >= 11 is 0. The van der Waals surface area contributed by atoms with Crippen molar-refractivity contribution in [2.24, 2.45) is 0 Å². The zero-order valence-electron chi connectivity index (χ0n) is 17.0. The molecule has 1 fully saturated rings. The number of anilines is 1. The molecular weight excluding hydrogens is 372 g/mol. The molecule has 29 heavy (non-hydrogen) atoms. The van der Waals surface area contributed by atoms with E-state index in [0.717, 1.165) is 19.6 Å². The maximum Gasteiger partial charge on any atom is 0.274 e. The SMILES string of the molecule is CCN1CCN(C(=O)c2cccc(C(=O)Nc3ccc(OC)cc3OC)n2)CC1. The van der Waals surface area contributed by atoms with Gasteiger partial charge in [0, 0.05) is 32.2 Å². The Morgan fingerprint density at radius 2 is 1.76 bits per heavy atom. The number of amides is 2. The van der Waals surface area contributed by atoms with Crippen molar-refractivity contribution in [2.45, 2.75) is 6.92 Å². The normalized spacial score (nSPS) is 14.4. The Bertz CT molecular complexity index is 879. The number of benzene rings is 1. The fraction of sp³-hybridized carbons (Fsp3) is 0.381. The van der Waals surface area contributed by atoms with Crippen LogP contribution in [0.4, 0.5) is 5.69 Å². The second kappa shape index (κ2) is 9.38. The summed E-state index contributed by atoms with van der Waals surface area (Å²) in [6, 6.07) is 9.98. The summed E-state index contributed by atoms with van der Waals surface area (Å²) in [6.45, 7) is 6.10. The molecule has 1 aliphatic heterocycles. The molecule has 2 aromatic rings. The Balaban J connectivity index is 1.72. The molecule has 0 radical (unpaired) electrons. The number of nitrogens with zero attached hydrogens (tertiary/aromatic N) is 3. The lowest BCUT2D eigenvalue weighted by Crippen LogP contribution is -2.48. The van der Waals surface area contributed by atoms with Crippen molar-refractivity contribution in [2.75, 3.05) is 52.3 Å². The number of ether oxygens (including phenoxy) is 2. The first-order valence-electron chi connectivity index (χ1n) is 9.57. The number of hydrogen-bond acceptors (Lipinski definition) is 6. The molecule has 8 nitrogen and oxygen atoms in total. The first-order valence-corrected chi connectivity index (χ1v) is 9.57. The van der Waals surface area contributed by atoms with E-state index in [4.69, 9.17) is 9.47 Å². The van der Waals surface area contributed by atoms with Gasteiger partial charge in [0.25, 0.3) is 11.8 Å². The van der Waals surface area contributed by atoms with E-state index >= 15 is 0 Å². The van der Waals surface area contributed by atoms with Gasteiger partial charge in [0.2, 0.25) is 0 Å². The highest BCUT2D eigenvalue weighted by molar-refractivity contribution is 6.04. The Hall–Kier alpha value is -3.13. The van der Waals surface area contributed by atoms with Gasteiger partial charge in [-0.05, 0) is 30.8 Å². The lowest BCUT2D eigenvalue weighted by atomic mass is 10.2. The number of piperazine rings is 1. The monoisotopic (exact) mass is 398 g/mol. The summed E-state index contributed by atoms with van der Waals surface area (Å²) in [7, 11) is 3.07. The quantitative estimate of drug-likeness (QED) is 0.803. The van der Waals surface area contributed by atoms with Crippen molar-refractivity contribution >= 4 is 17.5 Å². The van der Waals surface area contributed by atoms with Crippen molar-refractivity contribution in [3.05, 3.63) is 47.8 Å². The van der Waals surface area contributed by atoms with Crippen molar-refractivity contribution in [3.8, 4) is 11.5 Å². The van der Waals surface area contributed by atoms with Gasteiger partial charge in [-0.1, -0.05) is 13.0 Å². The first-order chi connectivity index (χ1) is 14.0. The van der Waals surface area contributed by atoms with Gasteiger partial charge in [0.1, 0.15) is 22.9 Å². The molecular formula is C21H26N4O4. The molecule has 1 aromatic carbocycles. The summed E-state index contributed by atoms with van der Waals surface area (Å²) < 4.78 is 10.5. The number of aromatic nitrogens is 1. The summed E-state index contributed by atoms with van der Waals surface area (Å²) in [4.78, 5) is 33.8. The van der Waals surface area contributed by atoms with Crippen LogP contribution in [0.2, 0.25) is 0 Å². The third kappa shape index (κ3) is 4.83. The molecule has 2 heterocycles. The van der Waals surface area contributed by atoms with E-state index in [0.29, 0.717) is 30.3 Å². The maximum atomic E-state index is 12.8. The van der Waals surface area contributed by atoms with Gasteiger partial charge < -0.3 is 24.6 Å². The Labute approximate surface area is 170 Å². The molecule has 0 spiro atoms. The average Bonchev–Trinajstić information content (AvgIpc) is 2.78. The van der Waals surface area contributed by atoms with Crippen LogP contribution in [-0.2, 0) is 0 Å². The van der Waals surface area contributed by atoms with Crippen molar-refractivity contribution < 1.29 is 19.1 Å². The zero-order chi connectivity index (χ0) is 20.8. The molecule has 1 saturated heterocycles. The Kier molecular flexibility index (Phi) is 6.66. The fourth-order valence-corrected chi connectivity index (χ4v) is 3.20. The highest BCUT2D eigenvalue weighted by Gasteiger charge is 2.23. The molecule has 0 aliphatic carbocycles. The van der Waals surface area contributed by atoms with Crippen LogP contribution in [0.25, 0.3) is 0 Å². The van der Waals surface area contributed by atoms with Crippen molar-refractivity contribution in [3.63, 3.8) is 0 Å². The number of nitrogens with one attached hydrogen (secondary N) is 1. The highest BCUT2D eigenvalue weighted by Crippen LogP contribution is 2.29. The molecule has 8 heteroatoms. The summed E-state index contributed by atoms with van der Waals surface area (Å²) in [6.07, 6.45) is 0. The van der Waals surface area contributed by atoms with Crippen molar-refractivity contribution in [1.82, 2.24) is 14.8 Å². The number of methoxy groups -OCH3 is 2. The molecule has 0 atom stereocenters. The van der Waals surface area contributed by atoms with E-state index < -0.39 is 5.91 Å². The van der Waals surface area contributed by atoms with E-state index in [9.17, 15) is 9.59 Å². The van der Waals surface area contributed by atoms with Crippen LogP contribution in [0, 0.1) is 0 Å². The Morgan fingerprint density at radius 3 is 2.41 bits per heavy atom. The van der Waals surface area contributed by atoms with Gasteiger partial charge >= 0.3 is 0 Å². The topological polar surface area (TPSA) is 84.0 Å². The minimum Gasteiger partial charge on any atom is -0.497 e. The van der Waals surface area contributed by atoms with E-state index in [1.54, 1.807) is 48.4 Å². The van der Waals surface area contributed by atoms with E-state index in [1.165, 1.54) is 7.11 Å². The summed E-state index contributed by atoms with van der Waals surface area (Å²) in [5, 5.41) is 2.77. The van der Waals surface area contributed by atoms with Crippen LogP contribution in [0.1, 0.15) is 27.9 Å². The van der Waals surface area contributed by atoms with E-state index in [2.05, 4.69) is 22.1 Å². The number of carbonyl (C=O) groups is 2. The second-order valence-corrected chi connectivity index (χ2v) is 6.65. The molecule has 0 saturated carbocycles. The predicted molar refractivity (Wildman–Crippen MR) is 110 cm³/mol. The molecule has 3 rings (SSSR count). The number of rotatable bonds is 6. The average molecular weight is 398 g/mol. The molecule has 154 valence electrons. The Morgan fingerprint density at radius 1 is 1.03 bits per heavy atom. The third-order valence-electron chi connectivity index (χ3n) is 4.96. The summed E-state index contributed by atoms with van der Waals surface area (Å²) in [5.74, 6) is 0.517. The second-order valence-electron chi connectivity index (χ2n) is 6.65. The van der Waals surface area contributed by atoms with Crippen molar-refractivity contribution in [1.29, 1.82) is 0 Å². The lowest BCUT2D eigenvalue weighted by Gasteiger charge is -2.33. The van der Waals surface area contributed by atoms with Crippen LogP contribution >= 0.6 is 0 Å². The van der Waals surface area contributed by atoms with Gasteiger partial charge in [-0.25, -0.2) is 4.98 Å². The minimum absolute atomic E-state index is 0.155. The maximum absolute atomic E-state index is 12.8. The van der Waals surface area contributed by atoms with Gasteiger partial charge in [-0.2, -0.15) is 0 Å². The molecule has 2 amide bonds. The van der Waals surface area contributed by atoms with E-state index in [1.807, 2.05) is 0 Å². The van der Waals surface area contributed by atoms with Crippen LogP contribution in [0.3, 0.4) is 0 Å². The fourth-order valence-electron chi connectivity index (χ4n) is 3.20. The molecule has 0 unspecified atom stereocenters. The number of hydrogen-bond donors (Lipinski definition) is 1. The summed E-state index contributed by atoms with van der Waals surface area (Å²) in [5.41, 5.74) is 0.928. The zero-order valence-corrected chi connectivity index (χ0v) is 17.0. The van der Waals surface area contributed by atoms with Gasteiger partial charge in [0.15, 0.2) is 0 Å². The first kappa shape index (κ1) is 20.6. The number of carbonyl (C=O) groups excluding carboxylic acids is 2. The van der Waals surface area contributed by atoms with Gasteiger partial charge in [-0.15, -0.1) is 0 Å². The van der Waals surface area contributed by atoms with Gasteiger partial charge in [0.05, 0.1) is 19.9 Å². The largest absolute Gasteiger partial charge is 0.497 e. The lowest BCUT2D eigenvalue weighted by molar-refractivity contribution is 0.0637. The van der Waals surface area contributed by atoms with Gasteiger partial charge in [-0.3, -0.25) is 9.59 Å². The van der Waals surface area contributed by atoms with E-state index in [-0.39, 0.29) is 17.3 Å². The number of pyridine rings is 1.